The molecule has 0 aliphatic rings. The molecule has 2 rings (SSSR count). The van der Waals surface area contributed by atoms with Crippen LogP contribution in [-0.4, -0.2) is 22.2 Å². The molecule has 0 bridgehead atoms. The van der Waals surface area contributed by atoms with Crippen LogP contribution in [0.4, 0.5) is 0 Å². The molecule has 1 aromatic heterocycles. The summed E-state index contributed by atoms with van der Waals surface area (Å²) in [5.41, 5.74) is 1.15. The van der Waals surface area contributed by atoms with Gasteiger partial charge in [-0.05, 0) is 31.5 Å². The first kappa shape index (κ1) is 13.2. The Labute approximate surface area is 112 Å². The van der Waals surface area contributed by atoms with Crippen LogP contribution in [0.15, 0.2) is 42.6 Å². The molecule has 1 heterocycles. The van der Waals surface area contributed by atoms with Crippen LogP contribution in [0.5, 0.6) is 5.75 Å². The quantitative estimate of drug-likeness (QED) is 0.811. The molecule has 0 spiro atoms. The molecule has 0 radical (unpaired) electrons. The van der Waals surface area contributed by atoms with Gasteiger partial charge < -0.3 is 14.4 Å². The molecule has 0 saturated heterocycles. The maximum Gasteiger partial charge on any atom is 0.337 e. The van der Waals surface area contributed by atoms with Gasteiger partial charge in [0.2, 0.25) is 0 Å². The molecule has 0 amide bonds. The fourth-order valence-corrected chi connectivity index (χ4v) is 1.96. The summed E-state index contributed by atoms with van der Waals surface area (Å²) >= 11 is 0. The van der Waals surface area contributed by atoms with Crippen molar-refractivity contribution in [1.82, 2.24) is 4.57 Å². The number of hydrogen-bond acceptors (Lipinski definition) is 2. The van der Waals surface area contributed by atoms with Crippen LogP contribution in [-0.2, 0) is 6.54 Å². The van der Waals surface area contributed by atoms with Gasteiger partial charge in [0.15, 0.2) is 0 Å². The molecule has 4 nitrogen and oxygen atoms in total. The maximum absolute atomic E-state index is 10.9. The van der Waals surface area contributed by atoms with Gasteiger partial charge in [0.25, 0.3) is 0 Å². The SMILES string of the molecule is Cc1c(C(=O)O)ccn1CCCOc1ccccc1. The fourth-order valence-electron chi connectivity index (χ4n) is 1.96. The molecule has 100 valence electrons. The average Bonchev–Trinajstić information content (AvgIpc) is 2.77. The van der Waals surface area contributed by atoms with Crippen molar-refractivity contribution in [2.24, 2.45) is 0 Å². The van der Waals surface area contributed by atoms with Crippen molar-refractivity contribution in [2.45, 2.75) is 19.9 Å². The van der Waals surface area contributed by atoms with E-state index in [-0.39, 0.29) is 0 Å². The highest BCUT2D eigenvalue weighted by Gasteiger charge is 2.10. The van der Waals surface area contributed by atoms with Crippen molar-refractivity contribution < 1.29 is 14.6 Å². The summed E-state index contributed by atoms with van der Waals surface area (Å²) in [7, 11) is 0. The van der Waals surface area contributed by atoms with Gasteiger partial charge in [-0.15, -0.1) is 0 Å². The standard InChI is InChI=1S/C15H17NO3/c1-12-14(15(17)18)8-10-16(12)9-5-11-19-13-6-3-2-4-7-13/h2-4,6-8,10H,5,9,11H2,1H3,(H,17,18). The lowest BCUT2D eigenvalue weighted by molar-refractivity contribution is 0.0696. The zero-order valence-electron chi connectivity index (χ0n) is 10.9. The highest BCUT2D eigenvalue weighted by atomic mass is 16.5. The fraction of sp³-hybridized carbons (Fsp3) is 0.267. The number of ether oxygens (including phenoxy) is 1. The number of rotatable bonds is 6. The number of benzene rings is 1. The monoisotopic (exact) mass is 259 g/mol. The molecule has 19 heavy (non-hydrogen) atoms. The van der Waals surface area contributed by atoms with Crippen LogP contribution >= 0.6 is 0 Å². The third kappa shape index (κ3) is 3.37. The minimum Gasteiger partial charge on any atom is -0.494 e. The Hall–Kier alpha value is -2.23. The van der Waals surface area contributed by atoms with E-state index in [1.54, 1.807) is 12.3 Å². The van der Waals surface area contributed by atoms with E-state index in [0.29, 0.717) is 12.2 Å². The summed E-state index contributed by atoms with van der Waals surface area (Å²) in [5.74, 6) is -0.0188. The molecule has 4 heteroatoms. The van der Waals surface area contributed by atoms with E-state index in [0.717, 1.165) is 24.4 Å². The molecule has 0 atom stereocenters. The van der Waals surface area contributed by atoms with Crippen LogP contribution in [0.25, 0.3) is 0 Å². The maximum atomic E-state index is 10.9. The molecule has 0 fully saturated rings. The number of aromatic carboxylic acids is 1. The van der Waals surface area contributed by atoms with Gasteiger partial charge in [-0.1, -0.05) is 18.2 Å². The predicted molar refractivity (Wildman–Crippen MR) is 72.7 cm³/mol. The minimum absolute atomic E-state index is 0.365. The number of aromatic nitrogens is 1. The Kier molecular flexibility index (Phi) is 4.23. The van der Waals surface area contributed by atoms with Gasteiger partial charge in [-0.25, -0.2) is 4.79 Å². The zero-order chi connectivity index (χ0) is 13.7. The molecule has 0 saturated carbocycles. The zero-order valence-corrected chi connectivity index (χ0v) is 10.9. The minimum atomic E-state index is -0.878. The van der Waals surface area contributed by atoms with Crippen LogP contribution < -0.4 is 4.74 Å². The Morgan fingerprint density at radius 1 is 1.26 bits per heavy atom. The van der Waals surface area contributed by atoms with Crippen molar-refractivity contribution in [3.05, 3.63) is 53.9 Å². The lowest BCUT2D eigenvalue weighted by atomic mass is 10.2. The van der Waals surface area contributed by atoms with Crippen molar-refractivity contribution in [3.63, 3.8) is 0 Å². The largest absolute Gasteiger partial charge is 0.494 e. The first-order valence-corrected chi connectivity index (χ1v) is 6.25. The Morgan fingerprint density at radius 2 is 2.00 bits per heavy atom. The Bertz CT molecular complexity index is 546. The van der Waals surface area contributed by atoms with Crippen LogP contribution in [0.2, 0.25) is 0 Å². The topological polar surface area (TPSA) is 51.5 Å². The molecule has 1 N–H and O–H groups in total. The summed E-state index contributed by atoms with van der Waals surface area (Å²) < 4.78 is 7.53. The summed E-state index contributed by atoms with van der Waals surface area (Å²) in [6.07, 6.45) is 2.64. The molecular formula is C15H17NO3. The number of carboxylic acids is 1. The normalized spacial score (nSPS) is 10.4. The van der Waals surface area contributed by atoms with E-state index >= 15 is 0 Å². The highest BCUT2D eigenvalue weighted by molar-refractivity contribution is 5.88. The molecule has 1 aromatic carbocycles. The number of para-hydroxylation sites is 1. The summed E-state index contributed by atoms with van der Waals surface area (Å²) in [6, 6.07) is 11.3. The van der Waals surface area contributed by atoms with Crippen LogP contribution in [0.3, 0.4) is 0 Å². The smallest absolute Gasteiger partial charge is 0.337 e. The number of nitrogens with zero attached hydrogens (tertiary/aromatic N) is 1. The second-order valence-corrected chi connectivity index (χ2v) is 4.33. The first-order valence-electron chi connectivity index (χ1n) is 6.25. The first-order chi connectivity index (χ1) is 9.18. The highest BCUT2D eigenvalue weighted by Crippen LogP contribution is 2.12. The molecular weight excluding hydrogens is 242 g/mol. The van der Waals surface area contributed by atoms with Crippen LogP contribution in [0.1, 0.15) is 22.5 Å². The summed E-state index contributed by atoms with van der Waals surface area (Å²) in [5, 5.41) is 8.96. The Balaban J connectivity index is 1.82. The van der Waals surface area contributed by atoms with Gasteiger partial charge in [0.05, 0.1) is 12.2 Å². The number of carboxylic acid groups (broad SMARTS) is 1. The number of hydrogen-bond donors (Lipinski definition) is 1. The molecule has 0 unspecified atom stereocenters. The molecule has 0 aliphatic carbocycles. The van der Waals surface area contributed by atoms with E-state index in [9.17, 15) is 4.79 Å². The second-order valence-electron chi connectivity index (χ2n) is 4.33. The van der Waals surface area contributed by atoms with E-state index in [1.807, 2.05) is 41.8 Å². The van der Waals surface area contributed by atoms with E-state index in [2.05, 4.69) is 0 Å². The summed E-state index contributed by atoms with van der Waals surface area (Å²) in [6.45, 7) is 3.19. The predicted octanol–water partition coefficient (Wildman–Crippen LogP) is 2.96. The average molecular weight is 259 g/mol. The van der Waals surface area contributed by atoms with Crippen LogP contribution in [0, 0.1) is 6.92 Å². The van der Waals surface area contributed by atoms with Crippen molar-refractivity contribution in [1.29, 1.82) is 0 Å². The van der Waals surface area contributed by atoms with Gasteiger partial charge in [-0.2, -0.15) is 0 Å². The third-order valence-electron chi connectivity index (χ3n) is 3.03. The third-order valence-corrected chi connectivity index (χ3v) is 3.03. The van der Waals surface area contributed by atoms with Gasteiger partial charge >= 0.3 is 5.97 Å². The Morgan fingerprint density at radius 3 is 2.63 bits per heavy atom. The van der Waals surface area contributed by atoms with E-state index in [1.165, 1.54) is 0 Å². The van der Waals surface area contributed by atoms with Gasteiger partial charge in [0.1, 0.15) is 5.75 Å². The lowest BCUT2D eigenvalue weighted by Gasteiger charge is -2.08. The van der Waals surface area contributed by atoms with E-state index < -0.39 is 5.97 Å². The van der Waals surface area contributed by atoms with E-state index in [4.69, 9.17) is 9.84 Å². The van der Waals surface area contributed by atoms with Gasteiger partial charge in [0, 0.05) is 18.4 Å². The van der Waals surface area contributed by atoms with Crippen molar-refractivity contribution in [2.75, 3.05) is 6.61 Å². The lowest BCUT2D eigenvalue weighted by Crippen LogP contribution is -2.06. The molecule has 2 aromatic rings. The number of carbonyl (C=O) groups is 1. The van der Waals surface area contributed by atoms with Crippen molar-refractivity contribution >= 4 is 5.97 Å². The second kappa shape index (κ2) is 6.09. The van der Waals surface area contributed by atoms with Gasteiger partial charge in [-0.3, -0.25) is 0 Å². The number of aryl methyl sites for hydroxylation is 1. The summed E-state index contributed by atoms with van der Waals surface area (Å²) in [4.78, 5) is 10.9. The van der Waals surface area contributed by atoms with Crippen molar-refractivity contribution in [3.8, 4) is 5.75 Å². The molecule has 0 aliphatic heterocycles.